The highest BCUT2D eigenvalue weighted by molar-refractivity contribution is 6.35. The first-order valence-corrected chi connectivity index (χ1v) is 7.90. The Balaban J connectivity index is 1.87. The van der Waals surface area contributed by atoms with Crippen LogP contribution in [0.3, 0.4) is 0 Å². The van der Waals surface area contributed by atoms with E-state index in [9.17, 15) is 0 Å². The van der Waals surface area contributed by atoms with E-state index >= 15 is 0 Å². The summed E-state index contributed by atoms with van der Waals surface area (Å²) in [5, 5.41) is 1.41. The molecule has 0 aliphatic heterocycles. The van der Waals surface area contributed by atoms with Crippen LogP contribution in [-0.4, -0.2) is 18.8 Å². The Bertz CT molecular complexity index is 416. The third-order valence-corrected chi connectivity index (χ3v) is 4.67. The lowest BCUT2D eigenvalue weighted by Gasteiger charge is -2.37. The molecule has 20 heavy (non-hydrogen) atoms. The zero-order chi connectivity index (χ0) is 14.5. The van der Waals surface area contributed by atoms with Gasteiger partial charge in [0.25, 0.3) is 0 Å². The van der Waals surface area contributed by atoms with Crippen molar-refractivity contribution in [3.05, 3.63) is 33.8 Å². The van der Waals surface area contributed by atoms with E-state index in [1.165, 1.54) is 0 Å². The second kappa shape index (κ2) is 7.62. The molecule has 3 N–H and O–H groups in total. The van der Waals surface area contributed by atoms with Crippen LogP contribution in [0, 0.1) is 5.92 Å². The van der Waals surface area contributed by atoms with Crippen LogP contribution < -0.4 is 11.3 Å². The summed E-state index contributed by atoms with van der Waals surface area (Å²) in [6.45, 7) is 2.84. The standard InChI is InChI=1S/C15H22Cl2N2O/c1-2-20-12-7-10(8-12)6-11(19-18)9-13-14(16)4-3-5-15(13)17/h3-5,10-12,19H,2,6-9,18H2,1H3. The van der Waals surface area contributed by atoms with Gasteiger partial charge in [-0.25, -0.2) is 0 Å². The Morgan fingerprint density at radius 2 is 2.00 bits per heavy atom. The minimum absolute atomic E-state index is 0.194. The van der Waals surface area contributed by atoms with E-state index in [2.05, 4.69) is 5.43 Å². The number of hydrogen-bond donors (Lipinski definition) is 2. The smallest absolute Gasteiger partial charge is 0.0580 e. The lowest BCUT2D eigenvalue weighted by molar-refractivity contribution is -0.0290. The molecule has 5 heteroatoms. The monoisotopic (exact) mass is 316 g/mol. The number of benzene rings is 1. The van der Waals surface area contributed by atoms with E-state index in [1.807, 2.05) is 25.1 Å². The first kappa shape index (κ1) is 16.1. The summed E-state index contributed by atoms with van der Waals surface area (Å²) >= 11 is 12.4. The predicted molar refractivity (Wildman–Crippen MR) is 84.0 cm³/mol. The fourth-order valence-corrected chi connectivity index (χ4v) is 3.38. The summed E-state index contributed by atoms with van der Waals surface area (Å²) in [6.07, 6.45) is 4.48. The van der Waals surface area contributed by atoms with Crippen molar-refractivity contribution in [2.24, 2.45) is 11.8 Å². The van der Waals surface area contributed by atoms with Gasteiger partial charge < -0.3 is 4.74 Å². The Hall–Kier alpha value is -0.320. The van der Waals surface area contributed by atoms with Crippen LogP contribution in [-0.2, 0) is 11.2 Å². The summed E-state index contributed by atoms with van der Waals surface area (Å²) in [7, 11) is 0. The second-order valence-electron chi connectivity index (χ2n) is 5.42. The van der Waals surface area contributed by atoms with Crippen LogP contribution in [0.25, 0.3) is 0 Å². The van der Waals surface area contributed by atoms with Gasteiger partial charge in [0.1, 0.15) is 0 Å². The molecule has 0 amide bonds. The Morgan fingerprint density at radius 3 is 2.55 bits per heavy atom. The molecule has 112 valence electrons. The maximum absolute atomic E-state index is 6.21. The summed E-state index contributed by atoms with van der Waals surface area (Å²) in [4.78, 5) is 0. The molecule has 1 unspecified atom stereocenters. The second-order valence-corrected chi connectivity index (χ2v) is 6.23. The molecule has 0 bridgehead atoms. The SMILES string of the molecule is CCOC1CC(CC(Cc2c(Cl)cccc2Cl)NN)C1. The van der Waals surface area contributed by atoms with Crippen LogP contribution in [0.1, 0.15) is 31.7 Å². The average molecular weight is 317 g/mol. The third kappa shape index (κ3) is 4.09. The molecule has 1 aromatic carbocycles. The van der Waals surface area contributed by atoms with Gasteiger partial charge in [0.2, 0.25) is 0 Å². The van der Waals surface area contributed by atoms with Crippen LogP contribution >= 0.6 is 23.2 Å². The van der Waals surface area contributed by atoms with Gasteiger partial charge in [-0.3, -0.25) is 11.3 Å². The molecular formula is C15H22Cl2N2O. The van der Waals surface area contributed by atoms with Crippen LogP contribution in [0.4, 0.5) is 0 Å². The third-order valence-electron chi connectivity index (χ3n) is 3.96. The van der Waals surface area contributed by atoms with Gasteiger partial charge >= 0.3 is 0 Å². The van der Waals surface area contributed by atoms with Crippen molar-refractivity contribution < 1.29 is 4.74 Å². The fraction of sp³-hybridized carbons (Fsp3) is 0.600. The van der Waals surface area contributed by atoms with Crippen LogP contribution in [0.2, 0.25) is 10.0 Å². The molecule has 0 radical (unpaired) electrons. The Labute approximate surface area is 130 Å². The van der Waals surface area contributed by atoms with Gasteiger partial charge in [-0.1, -0.05) is 29.3 Å². The number of ether oxygens (including phenoxy) is 1. The number of halogens is 2. The van der Waals surface area contributed by atoms with Crippen molar-refractivity contribution in [1.29, 1.82) is 0 Å². The van der Waals surface area contributed by atoms with Gasteiger partial charge in [0.05, 0.1) is 6.10 Å². The molecule has 0 saturated heterocycles. The highest BCUT2D eigenvalue weighted by Gasteiger charge is 2.31. The van der Waals surface area contributed by atoms with Crippen molar-refractivity contribution in [2.45, 2.75) is 44.8 Å². The molecular weight excluding hydrogens is 295 g/mol. The Morgan fingerprint density at radius 1 is 1.35 bits per heavy atom. The molecule has 1 saturated carbocycles. The summed E-state index contributed by atoms with van der Waals surface area (Å²) in [5.74, 6) is 6.35. The lowest BCUT2D eigenvalue weighted by Crippen LogP contribution is -2.42. The maximum atomic E-state index is 6.21. The molecule has 1 aliphatic rings. The Kier molecular flexibility index (Phi) is 6.12. The minimum Gasteiger partial charge on any atom is -0.378 e. The number of nitrogens with one attached hydrogen (secondary N) is 1. The zero-order valence-electron chi connectivity index (χ0n) is 11.7. The number of nitrogens with two attached hydrogens (primary N) is 1. The predicted octanol–water partition coefficient (Wildman–Crippen LogP) is 3.57. The van der Waals surface area contributed by atoms with Crippen molar-refractivity contribution in [3.8, 4) is 0 Å². The fourth-order valence-electron chi connectivity index (χ4n) is 2.83. The van der Waals surface area contributed by atoms with E-state index in [0.717, 1.165) is 37.9 Å². The molecule has 2 rings (SSSR count). The lowest BCUT2D eigenvalue weighted by atomic mass is 9.77. The van der Waals surface area contributed by atoms with E-state index in [1.54, 1.807) is 0 Å². The summed E-state index contributed by atoms with van der Waals surface area (Å²) < 4.78 is 5.59. The summed E-state index contributed by atoms with van der Waals surface area (Å²) in [5.41, 5.74) is 3.86. The average Bonchev–Trinajstić information content (AvgIpc) is 2.38. The van der Waals surface area contributed by atoms with E-state index in [4.69, 9.17) is 33.8 Å². The highest BCUT2D eigenvalue weighted by atomic mass is 35.5. The maximum Gasteiger partial charge on any atom is 0.0580 e. The highest BCUT2D eigenvalue weighted by Crippen LogP contribution is 2.35. The van der Waals surface area contributed by atoms with Gasteiger partial charge in [-0.05, 0) is 56.2 Å². The number of rotatable bonds is 7. The van der Waals surface area contributed by atoms with Crippen LogP contribution in [0.5, 0.6) is 0 Å². The molecule has 1 aliphatic carbocycles. The van der Waals surface area contributed by atoms with Gasteiger partial charge in [0.15, 0.2) is 0 Å². The van der Waals surface area contributed by atoms with E-state index in [0.29, 0.717) is 22.1 Å². The molecule has 3 nitrogen and oxygen atoms in total. The minimum atomic E-state index is 0.194. The first-order chi connectivity index (χ1) is 9.63. The molecule has 1 fully saturated rings. The van der Waals surface area contributed by atoms with Crippen molar-refractivity contribution >= 4 is 23.2 Å². The zero-order valence-corrected chi connectivity index (χ0v) is 13.3. The van der Waals surface area contributed by atoms with Crippen molar-refractivity contribution in [3.63, 3.8) is 0 Å². The topological polar surface area (TPSA) is 47.3 Å². The first-order valence-electron chi connectivity index (χ1n) is 7.14. The quantitative estimate of drug-likeness (QED) is 0.597. The molecule has 1 atom stereocenters. The van der Waals surface area contributed by atoms with Crippen molar-refractivity contribution in [2.75, 3.05) is 6.61 Å². The summed E-state index contributed by atoms with van der Waals surface area (Å²) in [6, 6.07) is 5.78. The van der Waals surface area contributed by atoms with Gasteiger partial charge in [-0.15, -0.1) is 0 Å². The number of hydrogen-bond acceptors (Lipinski definition) is 3. The molecule has 0 spiro atoms. The van der Waals surface area contributed by atoms with Gasteiger partial charge in [-0.2, -0.15) is 0 Å². The van der Waals surface area contributed by atoms with Gasteiger partial charge in [0, 0.05) is 22.7 Å². The molecule has 0 heterocycles. The molecule has 1 aromatic rings. The van der Waals surface area contributed by atoms with E-state index < -0.39 is 0 Å². The largest absolute Gasteiger partial charge is 0.378 e. The number of hydrazine groups is 1. The van der Waals surface area contributed by atoms with Crippen LogP contribution in [0.15, 0.2) is 18.2 Å². The molecule has 0 aromatic heterocycles. The van der Waals surface area contributed by atoms with Crippen molar-refractivity contribution in [1.82, 2.24) is 5.43 Å². The normalized spacial score (nSPS) is 23.4. The van der Waals surface area contributed by atoms with E-state index in [-0.39, 0.29) is 6.04 Å².